The first kappa shape index (κ1) is 20.9. The van der Waals surface area contributed by atoms with Gasteiger partial charge in [-0.3, -0.25) is 0 Å². The molecular formula is C16H15F2NO6S2. The SMILES string of the molecule is COC(=O)C(NS(=O)(=O)c1ccc(S(C)(=O)=O)cc1)c1cc(F)ccc1F. The fourth-order valence-corrected chi connectivity index (χ4v) is 3.98. The third-order valence-electron chi connectivity index (χ3n) is 3.54. The Morgan fingerprint density at radius 1 is 1.00 bits per heavy atom. The van der Waals surface area contributed by atoms with Gasteiger partial charge in [0, 0.05) is 11.8 Å². The van der Waals surface area contributed by atoms with Crippen LogP contribution in [0.2, 0.25) is 0 Å². The lowest BCUT2D eigenvalue weighted by molar-refractivity contribution is -0.142. The number of esters is 1. The second kappa shape index (κ2) is 7.71. The van der Waals surface area contributed by atoms with Crippen molar-refractivity contribution in [3.8, 4) is 0 Å². The zero-order chi connectivity index (χ0) is 20.4. The van der Waals surface area contributed by atoms with Crippen LogP contribution in [-0.4, -0.2) is 36.2 Å². The van der Waals surface area contributed by atoms with Crippen LogP contribution >= 0.6 is 0 Å². The highest BCUT2D eigenvalue weighted by Gasteiger charge is 2.30. The number of ether oxygens (including phenoxy) is 1. The Labute approximate surface area is 154 Å². The van der Waals surface area contributed by atoms with Crippen molar-refractivity contribution in [3.05, 3.63) is 59.7 Å². The molecule has 27 heavy (non-hydrogen) atoms. The van der Waals surface area contributed by atoms with Gasteiger partial charge in [-0.05, 0) is 42.5 Å². The minimum Gasteiger partial charge on any atom is -0.468 e. The molecule has 2 rings (SSSR count). The molecule has 0 amide bonds. The zero-order valence-electron chi connectivity index (χ0n) is 14.1. The zero-order valence-corrected chi connectivity index (χ0v) is 15.8. The Morgan fingerprint density at radius 3 is 2.07 bits per heavy atom. The van der Waals surface area contributed by atoms with Gasteiger partial charge < -0.3 is 4.74 Å². The number of hydrogen-bond acceptors (Lipinski definition) is 6. The fourth-order valence-electron chi connectivity index (χ4n) is 2.18. The topological polar surface area (TPSA) is 107 Å². The van der Waals surface area contributed by atoms with Crippen LogP contribution in [0.4, 0.5) is 8.78 Å². The molecule has 0 radical (unpaired) electrons. The average molecular weight is 419 g/mol. The standard InChI is InChI=1S/C16H15F2NO6S2/c1-25-16(20)15(13-9-10(17)3-8-14(13)18)19-27(23,24)12-6-4-11(5-7-12)26(2,21)22/h3-9,15,19H,1-2H3. The molecule has 11 heteroatoms. The van der Waals surface area contributed by atoms with E-state index in [1.807, 2.05) is 4.72 Å². The van der Waals surface area contributed by atoms with Gasteiger partial charge in [0.1, 0.15) is 17.7 Å². The van der Waals surface area contributed by atoms with Gasteiger partial charge in [-0.2, -0.15) is 4.72 Å². The van der Waals surface area contributed by atoms with Crippen molar-refractivity contribution < 1.29 is 35.1 Å². The number of benzene rings is 2. The van der Waals surface area contributed by atoms with E-state index in [0.717, 1.165) is 49.8 Å². The minimum atomic E-state index is -4.39. The molecule has 0 saturated heterocycles. The molecule has 0 aromatic heterocycles. The first-order chi connectivity index (χ1) is 12.5. The molecule has 146 valence electrons. The van der Waals surface area contributed by atoms with Gasteiger partial charge in [0.15, 0.2) is 9.84 Å². The first-order valence-electron chi connectivity index (χ1n) is 7.31. The molecule has 2 aromatic rings. The van der Waals surface area contributed by atoms with Crippen molar-refractivity contribution >= 4 is 25.8 Å². The fraction of sp³-hybridized carbons (Fsp3) is 0.188. The van der Waals surface area contributed by atoms with Crippen LogP contribution in [0.25, 0.3) is 0 Å². The predicted molar refractivity (Wildman–Crippen MR) is 91.0 cm³/mol. The molecule has 1 N–H and O–H groups in total. The maximum atomic E-state index is 14.0. The van der Waals surface area contributed by atoms with Crippen LogP contribution in [0, 0.1) is 11.6 Å². The summed E-state index contributed by atoms with van der Waals surface area (Å²) in [5, 5.41) is 0. The van der Waals surface area contributed by atoms with Gasteiger partial charge in [0.25, 0.3) is 0 Å². The number of nitrogens with one attached hydrogen (secondary N) is 1. The summed E-state index contributed by atoms with van der Waals surface area (Å²) in [6.07, 6.45) is 0.953. The molecule has 0 spiro atoms. The Morgan fingerprint density at radius 2 is 1.56 bits per heavy atom. The van der Waals surface area contributed by atoms with E-state index in [4.69, 9.17) is 0 Å². The van der Waals surface area contributed by atoms with E-state index in [1.54, 1.807) is 0 Å². The number of carbonyl (C=O) groups is 1. The minimum absolute atomic E-state index is 0.109. The van der Waals surface area contributed by atoms with Gasteiger partial charge in [-0.15, -0.1) is 0 Å². The highest BCUT2D eigenvalue weighted by molar-refractivity contribution is 7.90. The molecule has 1 atom stereocenters. The largest absolute Gasteiger partial charge is 0.468 e. The second-order valence-corrected chi connectivity index (χ2v) is 9.22. The second-order valence-electron chi connectivity index (χ2n) is 5.49. The number of rotatable bonds is 6. The van der Waals surface area contributed by atoms with Crippen LogP contribution in [-0.2, 0) is 29.4 Å². The van der Waals surface area contributed by atoms with Crippen LogP contribution in [0.5, 0.6) is 0 Å². The molecule has 0 saturated carbocycles. The Kier molecular flexibility index (Phi) is 5.97. The summed E-state index contributed by atoms with van der Waals surface area (Å²) in [6, 6.07) is 4.54. The molecule has 0 aliphatic carbocycles. The van der Waals surface area contributed by atoms with E-state index in [-0.39, 0.29) is 9.79 Å². The number of halogens is 2. The van der Waals surface area contributed by atoms with Crippen LogP contribution in [0.3, 0.4) is 0 Å². The summed E-state index contributed by atoms with van der Waals surface area (Å²) in [4.78, 5) is 11.5. The third-order valence-corrected chi connectivity index (χ3v) is 6.11. The number of sulfone groups is 1. The third kappa shape index (κ3) is 4.87. The van der Waals surface area contributed by atoms with Gasteiger partial charge in [0.05, 0.1) is 16.9 Å². The van der Waals surface area contributed by atoms with E-state index < -0.39 is 49.1 Å². The summed E-state index contributed by atoms with van der Waals surface area (Å²) < 4.78 is 81.8. The maximum absolute atomic E-state index is 14.0. The van der Waals surface area contributed by atoms with Gasteiger partial charge in [-0.1, -0.05) is 0 Å². The van der Waals surface area contributed by atoms with Crippen molar-refractivity contribution in [1.29, 1.82) is 0 Å². The normalized spacial score (nSPS) is 13.2. The van der Waals surface area contributed by atoms with E-state index in [9.17, 15) is 30.4 Å². The number of carbonyl (C=O) groups excluding carboxylic acids is 1. The van der Waals surface area contributed by atoms with E-state index in [1.165, 1.54) is 0 Å². The molecular weight excluding hydrogens is 404 g/mol. The first-order valence-corrected chi connectivity index (χ1v) is 10.7. The van der Waals surface area contributed by atoms with Crippen molar-refractivity contribution in [1.82, 2.24) is 4.72 Å². The average Bonchev–Trinajstić information content (AvgIpc) is 2.60. The van der Waals surface area contributed by atoms with Crippen LogP contribution in [0.15, 0.2) is 52.3 Å². The number of hydrogen-bond donors (Lipinski definition) is 1. The van der Waals surface area contributed by atoms with Crippen molar-refractivity contribution in [3.63, 3.8) is 0 Å². The van der Waals surface area contributed by atoms with Gasteiger partial charge in [0.2, 0.25) is 10.0 Å². The summed E-state index contributed by atoms with van der Waals surface area (Å²) in [5.74, 6) is -3.05. The molecule has 0 fully saturated rings. The van der Waals surface area contributed by atoms with E-state index in [0.29, 0.717) is 6.07 Å². The van der Waals surface area contributed by atoms with E-state index in [2.05, 4.69) is 4.74 Å². The lowest BCUT2D eigenvalue weighted by Crippen LogP contribution is -2.35. The summed E-state index contributed by atoms with van der Waals surface area (Å²) >= 11 is 0. The molecule has 0 aliphatic heterocycles. The number of methoxy groups -OCH3 is 1. The molecule has 0 aliphatic rings. The molecule has 0 heterocycles. The summed E-state index contributed by atoms with van der Waals surface area (Å²) in [7, 11) is -6.97. The van der Waals surface area contributed by atoms with Crippen LogP contribution in [0.1, 0.15) is 11.6 Å². The van der Waals surface area contributed by atoms with Crippen molar-refractivity contribution in [2.45, 2.75) is 15.8 Å². The lowest BCUT2D eigenvalue weighted by Gasteiger charge is -2.18. The number of sulfonamides is 1. The maximum Gasteiger partial charge on any atom is 0.328 e. The summed E-state index contributed by atoms with van der Waals surface area (Å²) in [6.45, 7) is 0. The molecule has 7 nitrogen and oxygen atoms in total. The smallest absolute Gasteiger partial charge is 0.328 e. The quantitative estimate of drug-likeness (QED) is 0.713. The lowest BCUT2D eigenvalue weighted by atomic mass is 10.1. The highest BCUT2D eigenvalue weighted by atomic mass is 32.2. The van der Waals surface area contributed by atoms with E-state index >= 15 is 0 Å². The molecule has 1 unspecified atom stereocenters. The van der Waals surface area contributed by atoms with Crippen molar-refractivity contribution in [2.75, 3.05) is 13.4 Å². The van der Waals surface area contributed by atoms with Gasteiger partial charge in [-0.25, -0.2) is 30.4 Å². The predicted octanol–water partition coefficient (Wildman–Crippen LogP) is 1.56. The Bertz CT molecular complexity index is 1070. The van der Waals surface area contributed by atoms with Gasteiger partial charge >= 0.3 is 5.97 Å². The van der Waals surface area contributed by atoms with Crippen molar-refractivity contribution in [2.24, 2.45) is 0 Å². The molecule has 0 bridgehead atoms. The monoisotopic (exact) mass is 419 g/mol. The molecule has 2 aromatic carbocycles. The van der Waals surface area contributed by atoms with Crippen LogP contribution < -0.4 is 4.72 Å². The summed E-state index contributed by atoms with van der Waals surface area (Å²) in [5.41, 5.74) is -0.557. The highest BCUT2D eigenvalue weighted by Crippen LogP contribution is 2.23. The Balaban J connectivity index is 2.44. The Hall–Kier alpha value is -2.37.